The van der Waals surface area contributed by atoms with E-state index in [1.165, 1.54) is 16.4 Å². The molecule has 3 rings (SSSR count). The molecule has 0 N–H and O–H groups in total. The number of hydrogen-bond donors (Lipinski definition) is 0. The van der Waals surface area contributed by atoms with E-state index in [1.54, 1.807) is 21.7 Å². The van der Waals surface area contributed by atoms with Gasteiger partial charge in [0, 0.05) is 44.4 Å². The second-order valence-corrected chi connectivity index (χ2v) is 11.7. The Morgan fingerprint density at radius 1 is 1.23 bits per heavy atom. The molecule has 1 aliphatic heterocycles. The Labute approximate surface area is 190 Å². The molecule has 0 radical (unpaired) electrons. The molecular formula is C19H24Cl2N4O3S2. The summed E-state index contributed by atoms with van der Waals surface area (Å²) in [5.74, 6) is 0.219. The fourth-order valence-electron chi connectivity index (χ4n) is 3.20. The van der Waals surface area contributed by atoms with E-state index in [-0.39, 0.29) is 23.2 Å². The van der Waals surface area contributed by atoms with Gasteiger partial charge in [-0.25, -0.2) is 8.42 Å². The van der Waals surface area contributed by atoms with E-state index in [9.17, 15) is 13.2 Å². The highest BCUT2D eigenvalue weighted by Crippen LogP contribution is 2.28. The monoisotopic (exact) mass is 490 g/mol. The van der Waals surface area contributed by atoms with Gasteiger partial charge in [-0.3, -0.25) is 9.48 Å². The maximum Gasteiger partial charge on any atom is 0.252 e. The average molecular weight is 491 g/mol. The van der Waals surface area contributed by atoms with Crippen molar-refractivity contribution in [3.63, 3.8) is 0 Å². The van der Waals surface area contributed by atoms with Gasteiger partial charge in [-0.1, -0.05) is 37.0 Å². The molecule has 7 nitrogen and oxygen atoms in total. The van der Waals surface area contributed by atoms with Crippen molar-refractivity contribution in [2.45, 2.75) is 31.5 Å². The molecule has 0 aromatic carbocycles. The first-order chi connectivity index (χ1) is 14.1. The minimum Gasteiger partial charge on any atom is -0.337 e. The number of hydrogen-bond acceptors (Lipinski definition) is 5. The average Bonchev–Trinajstić information content (AvgIpc) is 3.24. The molecule has 3 heterocycles. The van der Waals surface area contributed by atoms with E-state index < -0.39 is 10.0 Å². The van der Waals surface area contributed by atoms with Crippen molar-refractivity contribution in [2.75, 3.05) is 26.2 Å². The number of thiophene rings is 1. The van der Waals surface area contributed by atoms with Crippen LogP contribution in [0.2, 0.25) is 9.49 Å². The van der Waals surface area contributed by atoms with Crippen molar-refractivity contribution >= 4 is 56.5 Å². The largest absolute Gasteiger partial charge is 0.337 e. The van der Waals surface area contributed by atoms with Gasteiger partial charge in [0.1, 0.15) is 9.36 Å². The van der Waals surface area contributed by atoms with E-state index >= 15 is 0 Å². The lowest BCUT2D eigenvalue weighted by atomic mass is 10.2. The predicted molar refractivity (Wildman–Crippen MR) is 121 cm³/mol. The summed E-state index contributed by atoms with van der Waals surface area (Å²) in [6.07, 6.45) is 3.15. The van der Waals surface area contributed by atoms with Crippen LogP contribution in [0.4, 0.5) is 0 Å². The molecule has 1 amide bonds. The van der Waals surface area contributed by atoms with Gasteiger partial charge in [0.15, 0.2) is 0 Å². The summed E-state index contributed by atoms with van der Waals surface area (Å²) in [5.41, 5.74) is 1.48. The standard InChI is InChI=1S/C19H24Cl2N4O3S2/c1-13(2)12-25-19(21)15(14(3)22-25)4-6-17(26)23-8-10-24(11-9-23)30(27,28)18-7-5-16(20)29-18/h4-7,13H,8-12H2,1-3H3/b6-4+. The van der Waals surface area contributed by atoms with Gasteiger partial charge in [0.25, 0.3) is 10.0 Å². The predicted octanol–water partition coefficient (Wildman–Crippen LogP) is 3.76. The van der Waals surface area contributed by atoms with Crippen LogP contribution in [0.1, 0.15) is 25.1 Å². The van der Waals surface area contributed by atoms with Crippen LogP contribution in [0.3, 0.4) is 0 Å². The first kappa shape index (κ1) is 23.3. The number of carbonyl (C=O) groups is 1. The van der Waals surface area contributed by atoms with E-state index in [0.717, 1.165) is 22.6 Å². The molecule has 0 unspecified atom stereocenters. The zero-order valence-corrected chi connectivity index (χ0v) is 20.2. The molecule has 1 fully saturated rings. The molecule has 0 atom stereocenters. The minimum atomic E-state index is -3.58. The molecule has 1 saturated heterocycles. The van der Waals surface area contributed by atoms with Crippen molar-refractivity contribution in [3.05, 3.63) is 39.0 Å². The molecule has 2 aromatic rings. The Hall–Kier alpha value is -1.39. The number of aryl methyl sites for hydroxylation is 1. The summed E-state index contributed by atoms with van der Waals surface area (Å²) in [6.45, 7) is 7.84. The van der Waals surface area contributed by atoms with Gasteiger partial charge in [-0.05, 0) is 31.1 Å². The van der Waals surface area contributed by atoms with Crippen LogP contribution < -0.4 is 0 Å². The van der Waals surface area contributed by atoms with Gasteiger partial charge in [0.2, 0.25) is 5.91 Å². The van der Waals surface area contributed by atoms with Crippen molar-refractivity contribution in [1.29, 1.82) is 0 Å². The molecule has 30 heavy (non-hydrogen) atoms. The SMILES string of the molecule is Cc1nn(CC(C)C)c(Cl)c1/C=C/C(=O)N1CCN(S(=O)(=O)c2ccc(Cl)s2)CC1. The zero-order chi connectivity index (χ0) is 22.1. The Morgan fingerprint density at radius 3 is 2.47 bits per heavy atom. The fourth-order valence-corrected chi connectivity index (χ4v) is 6.56. The first-order valence-electron chi connectivity index (χ1n) is 9.55. The van der Waals surface area contributed by atoms with Crippen LogP contribution in [0, 0.1) is 12.8 Å². The van der Waals surface area contributed by atoms with Crippen LogP contribution in [-0.4, -0.2) is 59.5 Å². The smallest absolute Gasteiger partial charge is 0.252 e. The molecule has 2 aromatic heterocycles. The van der Waals surface area contributed by atoms with Crippen molar-refractivity contribution in [3.8, 4) is 0 Å². The number of sulfonamides is 1. The number of piperazine rings is 1. The maximum absolute atomic E-state index is 12.7. The van der Waals surface area contributed by atoms with Crippen LogP contribution in [0.25, 0.3) is 6.08 Å². The zero-order valence-electron chi connectivity index (χ0n) is 17.0. The summed E-state index contributed by atoms with van der Waals surface area (Å²) in [7, 11) is -3.58. The highest BCUT2D eigenvalue weighted by atomic mass is 35.5. The highest BCUT2D eigenvalue weighted by molar-refractivity contribution is 7.91. The number of carbonyl (C=O) groups excluding carboxylic acids is 1. The maximum atomic E-state index is 12.7. The Bertz CT molecular complexity index is 1050. The lowest BCUT2D eigenvalue weighted by molar-refractivity contribution is -0.127. The van der Waals surface area contributed by atoms with Gasteiger partial charge >= 0.3 is 0 Å². The molecule has 0 saturated carbocycles. The second-order valence-electron chi connectivity index (χ2n) is 7.49. The van der Waals surface area contributed by atoms with Gasteiger partial charge in [-0.15, -0.1) is 11.3 Å². The molecule has 1 aliphatic rings. The molecular weight excluding hydrogens is 467 g/mol. The number of nitrogens with zero attached hydrogens (tertiary/aromatic N) is 4. The summed E-state index contributed by atoms with van der Waals surface area (Å²) < 4.78 is 29.1. The molecule has 11 heteroatoms. The quantitative estimate of drug-likeness (QED) is 0.577. The van der Waals surface area contributed by atoms with Crippen LogP contribution in [0.15, 0.2) is 22.4 Å². The van der Waals surface area contributed by atoms with Crippen LogP contribution >= 0.6 is 34.5 Å². The topological polar surface area (TPSA) is 75.5 Å². The number of halogens is 2. The number of amides is 1. The molecule has 0 aliphatic carbocycles. The Kier molecular flexibility index (Phi) is 7.29. The van der Waals surface area contributed by atoms with Gasteiger partial charge < -0.3 is 4.90 Å². The lowest BCUT2D eigenvalue weighted by Crippen LogP contribution is -2.50. The van der Waals surface area contributed by atoms with Gasteiger partial charge in [-0.2, -0.15) is 9.40 Å². The lowest BCUT2D eigenvalue weighted by Gasteiger charge is -2.33. The first-order valence-corrected chi connectivity index (χ1v) is 12.6. The van der Waals surface area contributed by atoms with E-state index in [0.29, 0.717) is 35.0 Å². The van der Waals surface area contributed by atoms with Crippen molar-refractivity contribution in [2.24, 2.45) is 5.92 Å². The van der Waals surface area contributed by atoms with Crippen molar-refractivity contribution in [1.82, 2.24) is 19.0 Å². The summed E-state index contributed by atoms with van der Waals surface area (Å²) in [5, 5.41) is 4.95. The fraction of sp³-hybridized carbons (Fsp3) is 0.474. The van der Waals surface area contributed by atoms with Crippen molar-refractivity contribution < 1.29 is 13.2 Å². The normalized spacial score (nSPS) is 16.1. The second kappa shape index (κ2) is 9.40. The van der Waals surface area contributed by atoms with Gasteiger partial charge in [0.05, 0.1) is 10.0 Å². The minimum absolute atomic E-state index is 0.182. The third-order valence-corrected chi connectivity index (χ3v) is 8.73. The molecule has 0 spiro atoms. The summed E-state index contributed by atoms with van der Waals surface area (Å²) in [6, 6.07) is 3.08. The van der Waals surface area contributed by atoms with E-state index in [2.05, 4.69) is 18.9 Å². The Balaban J connectivity index is 1.63. The third kappa shape index (κ3) is 5.08. The van der Waals surface area contributed by atoms with E-state index in [4.69, 9.17) is 23.2 Å². The molecule has 164 valence electrons. The van der Waals surface area contributed by atoms with E-state index in [1.807, 2.05) is 6.92 Å². The third-order valence-electron chi connectivity index (χ3n) is 4.73. The Morgan fingerprint density at radius 2 is 1.90 bits per heavy atom. The summed E-state index contributed by atoms with van der Waals surface area (Å²) >= 11 is 13.3. The molecule has 0 bridgehead atoms. The summed E-state index contributed by atoms with van der Waals surface area (Å²) in [4.78, 5) is 14.2. The highest BCUT2D eigenvalue weighted by Gasteiger charge is 2.30. The van der Waals surface area contributed by atoms with Crippen LogP contribution in [0.5, 0.6) is 0 Å². The number of aromatic nitrogens is 2. The van der Waals surface area contributed by atoms with Crippen LogP contribution in [-0.2, 0) is 21.4 Å². The number of rotatable bonds is 6.